The molecule has 1 aliphatic rings. The molecule has 1 fully saturated rings. The van der Waals surface area contributed by atoms with Crippen LogP contribution in [-0.2, 0) is 4.74 Å². The smallest absolute Gasteiger partial charge is 0.184 e. The van der Waals surface area contributed by atoms with Gasteiger partial charge in [0, 0.05) is 0 Å². The zero-order valence-electron chi connectivity index (χ0n) is 7.16. The summed E-state index contributed by atoms with van der Waals surface area (Å²) in [5.74, 6) is 0. The van der Waals surface area contributed by atoms with Gasteiger partial charge in [-0.2, -0.15) is 0 Å². The van der Waals surface area contributed by atoms with E-state index in [0.717, 1.165) is 0 Å². The summed E-state index contributed by atoms with van der Waals surface area (Å²) in [6.07, 6.45) is -9.31. The van der Waals surface area contributed by atoms with Crippen LogP contribution in [0.2, 0.25) is 0 Å². The topological polar surface area (TPSA) is 110 Å². The molecule has 6 heteroatoms. The highest BCUT2D eigenvalue weighted by molar-refractivity contribution is 4.87. The van der Waals surface area contributed by atoms with Gasteiger partial charge in [0.25, 0.3) is 0 Å². The first-order chi connectivity index (χ1) is 5.91. The molecule has 0 aromatic carbocycles. The maximum atomic E-state index is 9.16. The van der Waals surface area contributed by atoms with Gasteiger partial charge in [-0.15, -0.1) is 0 Å². The van der Waals surface area contributed by atoms with Crippen molar-refractivity contribution in [2.45, 2.75) is 30.7 Å². The summed E-state index contributed by atoms with van der Waals surface area (Å²) in [4.78, 5) is 0. The van der Waals surface area contributed by atoms with Crippen LogP contribution in [0.1, 0.15) is 1.37 Å². The van der Waals surface area contributed by atoms with Crippen molar-refractivity contribution in [2.75, 3.05) is 6.61 Å². The van der Waals surface area contributed by atoms with Crippen LogP contribution < -0.4 is 0 Å². The summed E-state index contributed by atoms with van der Waals surface area (Å²) in [5.41, 5.74) is 0. The maximum Gasteiger partial charge on any atom is 0.184 e. The molecular formula is C6H12O6. The van der Waals surface area contributed by atoms with Crippen LogP contribution >= 0.6 is 0 Å². The van der Waals surface area contributed by atoms with E-state index < -0.39 is 37.3 Å². The molecule has 0 aliphatic carbocycles. The van der Waals surface area contributed by atoms with E-state index in [4.69, 9.17) is 26.9 Å². The Morgan fingerprint density at radius 3 is 2.25 bits per heavy atom. The Labute approximate surface area is 70.0 Å². The molecule has 6 nitrogen and oxygen atoms in total. The number of ether oxygens (including phenoxy) is 1. The fourth-order valence-corrected chi connectivity index (χ4v) is 0.991. The van der Waals surface area contributed by atoms with Crippen LogP contribution in [0.4, 0.5) is 0 Å². The highest BCUT2D eigenvalue weighted by Crippen LogP contribution is 2.18. The minimum Gasteiger partial charge on any atom is -0.394 e. The van der Waals surface area contributed by atoms with Crippen molar-refractivity contribution < 1.29 is 31.6 Å². The number of aliphatic hydroxyl groups excluding tert-OH is 4. The Hall–Kier alpha value is -0.240. The Morgan fingerprint density at radius 2 is 1.75 bits per heavy atom. The zero-order valence-corrected chi connectivity index (χ0v) is 6.16. The fraction of sp³-hybridized carbons (Fsp3) is 1.00. The van der Waals surface area contributed by atoms with Gasteiger partial charge >= 0.3 is 0 Å². The molecule has 0 aromatic heterocycles. The molecule has 0 spiro atoms. The number of hydrogen-bond acceptors (Lipinski definition) is 6. The average molecular weight is 182 g/mol. The zero-order chi connectivity index (χ0) is 10.2. The quantitative estimate of drug-likeness (QED) is 0.273. The van der Waals surface area contributed by atoms with Crippen LogP contribution in [0, 0.1) is 0 Å². The molecule has 0 aromatic rings. The van der Waals surface area contributed by atoms with Crippen molar-refractivity contribution in [3.05, 3.63) is 0 Å². The van der Waals surface area contributed by atoms with Gasteiger partial charge in [0.1, 0.15) is 24.4 Å². The second-order valence-electron chi connectivity index (χ2n) is 2.57. The first-order valence-electron chi connectivity index (χ1n) is 3.94. The van der Waals surface area contributed by atoms with Gasteiger partial charge in [0.05, 0.1) is 7.98 Å². The molecule has 1 saturated heterocycles. The molecule has 5 N–H and O–H groups in total. The van der Waals surface area contributed by atoms with E-state index in [1.807, 2.05) is 0 Å². The van der Waals surface area contributed by atoms with Gasteiger partial charge in [-0.3, -0.25) is 0 Å². The van der Waals surface area contributed by atoms with Crippen molar-refractivity contribution in [1.82, 2.24) is 0 Å². The van der Waals surface area contributed by atoms with Gasteiger partial charge in [-0.25, -0.2) is 0 Å². The Balaban J connectivity index is 2.79. The van der Waals surface area contributed by atoms with Crippen molar-refractivity contribution >= 4 is 0 Å². The standard InChI is InChI=1S/C6H12O6/c7-1-2-3(8)4(9)5(10)6(11)12-2/h2-11H,1H2/t2-,3-,4+,5-,6?/m1/s1/i5D,6+1. The van der Waals surface area contributed by atoms with Crippen molar-refractivity contribution in [1.29, 1.82) is 0 Å². The van der Waals surface area contributed by atoms with Gasteiger partial charge in [0.15, 0.2) is 6.29 Å². The second kappa shape index (κ2) is 3.65. The Bertz CT molecular complexity index is 186. The summed E-state index contributed by atoms with van der Waals surface area (Å²) in [7, 11) is 0. The van der Waals surface area contributed by atoms with Crippen LogP contribution in [0.25, 0.3) is 0 Å². The lowest BCUT2D eigenvalue weighted by molar-refractivity contribution is -0.286. The van der Waals surface area contributed by atoms with E-state index in [1.54, 1.807) is 0 Å². The highest BCUT2D eigenvalue weighted by atomic mass is 16.7. The monoisotopic (exact) mass is 182 g/mol. The Kier molecular flexibility index (Phi) is 2.54. The van der Waals surface area contributed by atoms with E-state index >= 15 is 0 Å². The lowest BCUT2D eigenvalue weighted by Crippen LogP contribution is -2.58. The summed E-state index contributed by atoms with van der Waals surface area (Å²) in [6, 6.07) is 0. The molecule has 1 unspecified atom stereocenters. The Morgan fingerprint density at radius 1 is 1.17 bits per heavy atom. The van der Waals surface area contributed by atoms with Gasteiger partial charge in [-0.1, -0.05) is 0 Å². The third-order valence-corrected chi connectivity index (χ3v) is 1.74. The third-order valence-electron chi connectivity index (χ3n) is 1.74. The second-order valence-corrected chi connectivity index (χ2v) is 2.57. The summed E-state index contributed by atoms with van der Waals surface area (Å²) >= 11 is 0. The number of rotatable bonds is 1. The molecule has 72 valence electrons. The molecular weight excluding hydrogens is 169 g/mol. The minimum atomic E-state index is -2.68. The number of hydrogen-bond donors (Lipinski definition) is 5. The van der Waals surface area contributed by atoms with E-state index in [2.05, 4.69) is 4.74 Å². The largest absolute Gasteiger partial charge is 0.394 e. The molecule has 1 rings (SSSR count). The van der Waals surface area contributed by atoms with Crippen LogP contribution in [0.15, 0.2) is 0 Å². The molecule has 12 heavy (non-hydrogen) atoms. The first kappa shape index (κ1) is 8.36. The normalized spacial score (nSPS) is 56.6. The van der Waals surface area contributed by atoms with E-state index in [9.17, 15) is 0 Å². The third kappa shape index (κ3) is 1.58. The predicted octanol–water partition coefficient (Wildman–Crippen LogP) is -3.22. The van der Waals surface area contributed by atoms with E-state index in [1.165, 1.54) is 0 Å². The van der Waals surface area contributed by atoms with Gasteiger partial charge < -0.3 is 30.3 Å². The van der Waals surface area contributed by atoms with Crippen LogP contribution in [0.3, 0.4) is 0 Å². The van der Waals surface area contributed by atoms with Gasteiger partial charge in [0.2, 0.25) is 0 Å². The predicted molar refractivity (Wildman–Crippen MR) is 36.0 cm³/mol. The van der Waals surface area contributed by atoms with Crippen molar-refractivity contribution in [3.63, 3.8) is 0 Å². The summed E-state index contributed by atoms with van der Waals surface area (Å²) in [5, 5.41) is 45.0. The summed E-state index contributed by atoms with van der Waals surface area (Å²) < 4.78 is 11.5. The molecule has 0 amide bonds. The van der Waals surface area contributed by atoms with Crippen LogP contribution in [0.5, 0.6) is 0 Å². The molecule has 0 radical (unpaired) electrons. The van der Waals surface area contributed by atoms with Gasteiger partial charge in [-0.05, 0) is 0 Å². The minimum absolute atomic E-state index is 0.620. The highest BCUT2D eigenvalue weighted by Gasteiger charge is 2.42. The maximum absolute atomic E-state index is 9.16. The summed E-state index contributed by atoms with van der Waals surface area (Å²) in [6.45, 7) is -0.620. The lowest BCUT2D eigenvalue weighted by Gasteiger charge is -2.37. The van der Waals surface area contributed by atoms with E-state index in [-0.39, 0.29) is 0 Å². The first-order valence-corrected chi connectivity index (χ1v) is 3.44. The SMILES string of the molecule is [2H][C@@]1(O)[C@@H](O)[C@H](O)[C@@H](CO)O[13CH]1O. The fourth-order valence-electron chi connectivity index (χ4n) is 0.991. The van der Waals surface area contributed by atoms with Crippen LogP contribution in [-0.4, -0.2) is 62.8 Å². The average Bonchev–Trinajstić information content (AvgIpc) is 2.09. The van der Waals surface area contributed by atoms with E-state index in [0.29, 0.717) is 0 Å². The molecule has 5 atom stereocenters. The van der Waals surface area contributed by atoms with Crippen molar-refractivity contribution in [3.8, 4) is 0 Å². The molecule has 1 heterocycles. The molecule has 1 aliphatic heterocycles. The van der Waals surface area contributed by atoms with Crippen molar-refractivity contribution in [2.24, 2.45) is 0 Å². The number of aliphatic hydroxyl groups is 5. The molecule has 0 saturated carbocycles. The lowest BCUT2D eigenvalue weighted by atomic mass is 10.0. The molecule has 0 bridgehead atoms.